The minimum atomic E-state index is -1.05. The molecule has 25 heavy (non-hydrogen) atoms. The second kappa shape index (κ2) is 7.25. The smallest absolute Gasteiger partial charge is 0.323 e. The molecule has 2 amide bonds. The van der Waals surface area contributed by atoms with Crippen LogP contribution in [0.1, 0.15) is 42.5 Å². The molecule has 1 heterocycles. The van der Waals surface area contributed by atoms with Gasteiger partial charge in [-0.15, -0.1) is 0 Å². The quantitative estimate of drug-likeness (QED) is 0.906. The van der Waals surface area contributed by atoms with E-state index in [2.05, 4.69) is 0 Å². The fraction of sp³-hybridized carbons (Fsp3) is 0.526. The van der Waals surface area contributed by atoms with Crippen LogP contribution in [0.25, 0.3) is 0 Å². The first-order valence-corrected chi connectivity index (χ1v) is 8.83. The van der Waals surface area contributed by atoms with Gasteiger partial charge in [0.25, 0.3) is 5.91 Å². The zero-order valence-corrected chi connectivity index (χ0v) is 14.4. The van der Waals surface area contributed by atoms with E-state index in [1.165, 1.54) is 11.9 Å². The van der Waals surface area contributed by atoms with Gasteiger partial charge in [-0.3, -0.25) is 14.4 Å². The van der Waals surface area contributed by atoms with Gasteiger partial charge in [0, 0.05) is 18.7 Å². The summed E-state index contributed by atoms with van der Waals surface area (Å²) in [4.78, 5) is 39.8. The Kier molecular flexibility index (Phi) is 5.06. The normalized spacial score (nSPS) is 25.3. The van der Waals surface area contributed by atoms with Gasteiger partial charge in [-0.2, -0.15) is 0 Å². The third kappa shape index (κ3) is 3.52. The third-order valence-corrected chi connectivity index (χ3v) is 5.38. The Morgan fingerprint density at radius 1 is 1.16 bits per heavy atom. The van der Waals surface area contributed by atoms with Crippen molar-refractivity contribution in [1.29, 1.82) is 0 Å². The molecule has 6 nitrogen and oxygen atoms in total. The molecule has 1 aromatic carbocycles. The standard InChI is InChI=1S/C19H24N2O4/c1-20(12-17(22)23)19(25)16-11-14-9-5-6-10-15(14)21(16)18(24)13-7-3-2-4-8-13/h2-4,7-8,14-16H,5-6,9-12H2,1H3,(H,22,23). The minimum Gasteiger partial charge on any atom is -0.480 e. The molecule has 1 aliphatic carbocycles. The third-order valence-electron chi connectivity index (χ3n) is 5.38. The zero-order chi connectivity index (χ0) is 18.0. The highest BCUT2D eigenvalue weighted by molar-refractivity contribution is 5.98. The largest absolute Gasteiger partial charge is 0.480 e. The van der Waals surface area contributed by atoms with Crippen LogP contribution in [0.5, 0.6) is 0 Å². The minimum absolute atomic E-state index is 0.0774. The number of amides is 2. The van der Waals surface area contributed by atoms with E-state index < -0.39 is 12.0 Å². The summed E-state index contributed by atoms with van der Waals surface area (Å²) in [5.74, 6) is -1.13. The van der Waals surface area contributed by atoms with Crippen LogP contribution in [-0.2, 0) is 9.59 Å². The summed E-state index contributed by atoms with van der Waals surface area (Å²) in [6.07, 6.45) is 4.75. The van der Waals surface area contributed by atoms with Gasteiger partial charge in [-0.25, -0.2) is 0 Å². The lowest BCUT2D eigenvalue weighted by Gasteiger charge is -2.34. The molecule has 3 rings (SSSR count). The first kappa shape index (κ1) is 17.5. The molecule has 2 aliphatic rings. The maximum Gasteiger partial charge on any atom is 0.323 e. The maximum absolute atomic E-state index is 13.1. The molecule has 1 aliphatic heterocycles. The molecule has 2 fully saturated rings. The van der Waals surface area contributed by atoms with E-state index in [0.717, 1.165) is 25.7 Å². The van der Waals surface area contributed by atoms with Crippen molar-refractivity contribution < 1.29 is 19.5 Å². The average Bonchev–Trinajstić information content (AvgIpc) is 3.00. The van der Waals surface area contributed by atoms with Crippen molar-refractivity contribution in [3.05, 3.63) is 35.9 Å². The highest BCUT2D eigenvalue weighted by Crippen LogP contribution is 2.41. The maximum atomic E-state index is 13.1. The second-order valence-electron chi connectivity index (χ2n) is 7.03. The Balaban J connectivity index is 1.88. The molecule has 0 spiro atoms. The second-order valence-corrected chi connectivity index (χ2v) is 7.03. The van der Waals surface area contributed by atoms with E-state index in [-0.39, 0.29) is 24.4 Å². The van der Waals surface area contributed by atoms with Crippen molar-refractivity contribution >= 4 is 17.8 Å². The predicted octanol–water partition coefficient (Wildman–Crippen LogP) is 2.00. The summed E-state index contributed by atoms with van der Waals surface area (Å²) in [7, 11) is 1.49. The molecule has 134 valence electrons. The van der Waals surface area contributed by atoms with Crippen LogP contribution in [-0.4, -0.2) is 58.4 Å². The van der Waals surface area contributed by atoms with Gasteiger partial charge in [0.05, 0.1) is 0 Å². The van der Waals surface area contributed by atoms with Crippen molar-refractivity contribution in [3.63, 3.8) is 0 Å². The molecule has 0 radical (unpaired) electrons. The van der Waals surface area contributed by atoms with Crippen molar-refractivity contribution in [2.45, 2.75) is 44.2 Å². The summed E-state index contributed by atoms with van der Waals surface area (Å²) in [5.41, 5.74) is 0.576. The summed E-state index contributed by atoms with van der Waals surface area (Å²) in [5, 5.41) is 8.96. The van der Waals surface area contributed by atoms with E-state index in [9.17, 15) is 14.4 Å². The summed E-state index contributed by atoms with van der Waals surface area (Å²) in [6, 6.07) is 8.53. The van der Waals surface area contributed by atoms with Gasteiger partial charge in [0.1, 0.15) is 12.6 Å². The number of carboxylic acids is 1. The van der Waals surface area contributed by atoms with Crippen molar-refractivity contribution in [2.75, 3.05) is 13.6 Å². The Hall–Kier alpha value is -2.37. The van der Waals surface area contributed by atoms with Gasteiger partial charge in [0.15, 0.2) is 0 Å². The first-order valence-electron chi connectivity index (χ1n) is 8.83. The topological polar surface area (TPSA) is 77.9 Å². The van der Waals surface area contributed by atoms with Crippen LogP contribution < -0.4 is 0 Å². The van der Waals surface area contributed by atoms with Crippen molar-refractivity contribution in [2.24, 2.45) is 5.92 Å². The SMILES string of the molecule is CN(CC(=O)O)C(=O)C1CC2CCCCC2N1C(=O)c1ccccc1. The first-order chi connectivity index (χ1) is 12.0. The molecule has 0 bridgehead atoms. The van der Waals surface area contributed by atoms with Gasteiger partial charge >= 0.3 is 5.97 Å². The van der Waals surface area contributed by atoms with Crippen LogP contribution in [0.2, 0.25) is 0 Å². The number of aliphatic carboxylic acids is 1. The fourth-order valence-electron chi connectivity index (χ4n) is 4.24. The predicted molar refractivity (Wildman–Crippen MR) is 92.0 cm³/mol. The monoisotopic (exact) mass is 344 g/mol. The number of carbonyl (C=O) groups is 3. The number of carboxylic acid groups (broad SMARTS) is 1. The van der Waals surface area contributed by atoms with Gasteiger partial charge < -0.3 is 14.9 Å². The van der Waals surface area contributed by atoms with E-state index in [1.54, 1.807) is 17.0 Å². The van der Waals surface area contributed by atoms with Crippen LogP contribution >= 0.6 is 0 Å². The van der Waals surface area contributed by atoms with Crippen LogP contribution in [0.4, 0.5) is 0 Å². The van der Waals surface area contributed by atoms with Gasteiger partial charge in [-0.05, 0) is 37.3 Å². The van der Waals surface area contributed by atoms with Gasteiger partial charge in [0.2, 0.25) is 5.91 Å². The van der Waals surface area contributed by atoms with Crippen LogP contribution in [0.3, 0.4) is 0 Å². The van der Waals surface area contributed by atoms with E-state index in [1.807, 2.05) is 18.2 Å². The van der Waals surface area contributed by atoms with E-state index in [4.69, 9.17) is 5.11 Å². The average molecular weight is 344 g/mol. The molecule has 6 heteroatoms. The lowest BCUT2D eigenvalue weighted by Crippen LogP contribution is -2.50. The van der Waals surface area contributed by atoms with Crippen molar-refractivity contribution in [1.82, 2.24) is 9.80 Å². The number of carbonyl (C=O) groups excluding carboxylic acids is 2. The summed E-state index contributed by atoms with van der Waals surface area (Å²) in [6.45, 7) is -0.349. The number of likely N-dealkylation sites (tertiary alicyclic amines) is 1. The fourth-order valence-corrected chi connectivity index (χ4v) is 4.24. The van der Waals surface area contributed by atoms with Crippen LogP contribution in [0.15, 0.2) is 30.3 Å². The Bertz CT molecular complexity index is 661. The van der Waals surface area contributed by atoms with Crippen molar-refractivity contribution in [3.8, 4) is 0 Å². The molecule has 3 unspecified atom stereocenters. The Morgan fingerprint density at radius 3 is 2.52 bits per heavy atom. The summed E-state index contributed by atoms with van der Waals surface area (Å²) < 4.78 is 0. The van der Waals surface area contributed by atoms with Gasteiger partial charge in [-0.1, -0.05) is 31.0 Å². The number of benzene rings is 1. The number of fused-ring (bicyclic) bond motifs is 1. The zero-order valence-electron chi connectivity index (χ0n) is 14.4. The molecular formula is C19H24N2O4. The lowest BCUT2D eigenvalue weighted by molar-refractivity contribution is -0.145. The number of nitrogens with zero attached hydrogens (tertiary/aromatic N) is 2. The molecule has 1 aromatic rings. The molecule has 1 saturated carbocycles. The highest BCUT2D eigenvalue weighted by atomic mass is 16.4. The summed E-state index contributed by atoms with van der Waals surface area (Å²) >= 11 is 0. The Morgan fingerprint density at radius 2 is 1.84 bits per heavy atom. The number of rotatable bonds is 4. The van der Waals surface area contributed by atoms with Crippen LogP contribution in [0, 0.1) is 5.92 Å². The number of hydrogen-bond acceptors (Lipinski definition) is 3. The molecule has 1 saturated heterocycles. The number of hydrogen-bond donors (Lipinski definition) is 1. The van der Waals surface area contributed by atoms with E-state index >= 15 is 0 Å². The van der Waals surface area contributed by atoms with E-state index in [0.29, 0.717) is 17.9 Å². The number of likely N-dealkylation sites (N-methyl/N-ethyl adjacent to an activating group) is 1. The molecular weight excluding hydrogens is 320 g/mol. The molecule has 1 N–H and O–H groups in total. The Labute approximate surface area is 147 Å². The molecule has 3 atom stereocenters. The highest BCUT2D eigenvalue weighted by Gasteiger charge is 2.48. The molecule has 0 aromatic heterocycles. The lowest BCUT2D eigenvalue weighted by atomic mass is 9.84.